The minimum Gasteiger partial charge on any atom is -0.356 e. The van der Waals surface area contributed by atoms with Crippen molar-refractivity contribution in [3.8, 4) is 0 Å². The van der Waals surface area contributed by atoms with Crippen LogP contribution in [0.1, 0.15) is 35.7 Å². The van der Waals surface area contributed by atoms with E-state index in [1.165, 1.54) is 12.1 Å². The number of likely N-dealkylation sites (tertiary alicyclic amines) is 1. The third-order valence-corrected chi connectivity index (χ3v) is 5.27. The van der Waals surface area contributed by atoms with Gasteiger partial charge in [-0.3, -0.25) is 9.59 Å². The van der Waals surface area contributed by atoms with Gasteiger partial charge in [0, 0.05) is 36.1 Å². The van der Waals surface area contributed by atoms with Gasteiger partial charge in [0.1, 0.15) is 5.82 Å². The fraction of sp³-hybridized carbons (Fsp3) is 0.364. The lowest BCUT2D eigenvalue weighted by molar-refractivity contribution is -0.125. The van der Waals surface area contributed by atoms with Gasteiger partial charge in [0.15, 0.2) is 0 Å². The molecule has 28 heavy (non-hydrogen) atoms. The first-order chi connectivity index (χ1) is 13.3. The lowest BCUT2D eigenvalue weighted by atomic mass is 9.88. The van der Waals surface area contributed by atoms with Gasteiger partial charge < -0.3 is 10.2 Å². The summed E-state index contributed by atoms with van der Waals surface area (Å²) in [5.41, 5.74) is 1.39. The van der Waals surface area contributed by atoms with Crippen LogP contribution >= 0.6 is 11.6 Å². The maximum atomic E-state index is 13.3. The van der Waals surface area contributed by atoms with E-state index >= 15 is 0 Å². The first-order valence-electron chi connectivity index (χ1n) is 9.43. The van der Waals surface area contributed by atoms with Crippen molar-refractivity contribution >= 4 is 23.4 Å². The number of benzene rings is 2. The van der Waals surface area contributed by atoms with E-state index in [1.807, 2.05) is 13.8 Å². The highest BCUT2D eigenvalue weighted by Gasteiger charge is 2.40. The Morgan fingerprint density at radius 2 is 1.75 bits per heavy atom. The van der Waals surface area contributed by atoms with E-state index in [0.29, 0.717) is 36.1 Å². The van der Waals surface area contributed by atoms with Crippen LogP contribution in [0.4, 0.5) is 4.39 Å². The molecule has 1 heterocycles. The predicted octanol–water partition coefficient (Wildman–Crippen LogP) is 4.11. The van der Waals surface area contributed by atoms with E-state index in [4.69, 9.17) is 11.6 Å². The number of nitrogens with one attached hydrogen (secondary N) is 1. The Bertz CT molecular complexity index is 837. The van der Waals surface area contributed by atoms with Gasteiger partial charge in [-0.1, -0.05) is 37.6 Å². The van der Waals surface area contributed by atoms with Gasteiger partial charge in [0.05, 0.1) is 5.92 Å². The molecule has 2 unspecified atom stereocenters. The smallest absolute Gasteiger partial charge is 0.253 e. The number of hydrogen-bond donors (Lipinski definition) is 1. The highest BCUT2D eigenvalue weighted by molar-refractivity contribution is 6.30. The summed E-state index contributed by atoms with van der Waals surface area (Å²) in [6.45, 7) is 5.38. The van der Waals surface area contributed by atoms with Gasteiger partial charge in [-0.2, -0.15) is 0 Å². The molecule has 0 radical (unpaired) electrons. The summed E-state index contributed by atoms with van der Waals surface area (Å²) in [4.78, 5) is 27.4. The molecule has 2 atom stereocenters. The van der Waals surface area contributed by atoms with Gasteiger partial charge in [-0.15, -0.1) is 0 Å². The summed E-state index contributed by atoms with van der Waals surface area (Å²) in [5, 5.41) is 3.54. The van der Waals surface area contributed by atoms with Crippen molar-refractivity contribution in [1.82, 2.24) is 10.2 Å². The lowest BCUT2D eigenvalue weighted by Crippen LogP contribution is -2.37. The number of nitrogens with zero attached hydrogens (tertiary/aromatic N) is 1. The Hall–Kier alpha value is -2.40. The number of carbonyl (C=O) groups is 2. The average molecular weight is 403 g/mol. The zero-order valence-corrected chi connectivity index (χ0v) is 16.7. The third-order valence-electron chi connectivity index (χ3n) is 5.02. The largest absolute Gasteiger partial charge is 0.356 e. The number of carbonyl (C=O) groups excluding carboxylic acids is 2. The van der Waals surface area contributed by atoms with Crippen LogP contribution in [0.3, 0.4) is 0 Å². The molecule has 0 aliphatic carbocycles. The standard InChI is InChI=1S/C22H24ClFN2O2/c1-14(2)11-25-21(27)20-13-26(22(28)16-3-7-17(23)8-4-16)12-19(20)15-5-9-18(24)10-6-15/h3-10,14,19-20H,11-13H2,1-2H3,(H,25,27). The van der Waals surface area contributed by atoms with Crippen molar-refractivity contribution in [2.24, 2.45) is 11.8 Å². The van der Waals surface area contributed by atoms with E-state index in [9.17, 15) is 14.0 Å². The molecule has 1 fully saturated rings. The summed E-state index contributed by atoms with van der Waals surface area (Å²) in [7, 11) is 0. The molecule has 1 aliphatic heterocycles. The van der Waals surface area contributed by atoms with Crippen LogP contribution in [0, 0.1) is 17.7 Å². The molecule has 0 spiro atoms. The Labute approximate surface area is 169 Å². The van der Waals surface area contributed by atoms with Crippen molar-refractivity contribution < 1.29 is 14.0 Å². The fourth-order valence-corrected chi connectivity index (χ4v) is 3.62. The van der Waals surface area contributed by atoms with E-state index in [-0.39, 0.29) is 29.5 Å². The van der Waals surface area contributed by atoms with E-state index in [1.54, 1.807) is 41.3 Å². The number of hydrogen-bond acceptors (Lipinski definition) is 2. The minimum absolute atomic E-state index is 0.0746. The van der Waals surface area contributed by atoms with E-state index in [2.05, 4.69) is 5.32 Å². The third kappa shape index (κ3) is 4.71. The molecule has 0 saturated carbocycles. The quantitative estimate of drug-likeness (QED) is 0.818. The molecule has 4 nitrogen and oxygen atoms in total. The molecule has 6 heteroatoms. The van der Waals surface area contributed by atoms with Crippen LogP contribution < -0.4 is 5.32 Å². The van der Waals surface area contributed by atoms with Crippen molar-refractivity contribution in [2.75, 3.05) is 19.6 Å². The maximum absolute atomic E-state index is 13.3. The Morgan fingerprint density at radius 3 is 2.36 bits per heavy atom. The second kappa shape index (κ2) is 8.74. The molecule has 1 aliphatic rings. The van der Waals surface area contributed by atoms with Crippen LogP contribution in [0.15, 0.2) is 48.5 Å². The van der Waals surface area contributed by atoms with Crippen LogP contribution in [-0.4, -0.2) is 36.3 Å². The van der Waals surface area contributed by atoms with Crippen molar-refractivity contribution in [3.63, 3.8) is 0 Å². The molecule has 2 aromatic rings. The summed E-state index contributed by atoms with van der Waals surface area (Å²) < 4.78 is 13.3. The molecule has 3 rings (SSSR count). The molecule has 1 N–H and O–H groups in total. The highest BCUT2D eigenvalue weighted by Crippen LogP contribution is 2.34. The van der Waals surface area contributed by atoms with Crippen molar-refractivity contribution in [1.29, 1.82) is 0 Å². The van der Waals surface area contributed by atoms with Crippen LogP contribution in [-0.2, 0) is 4.79 Å². The fourth-order valence-electron chi connectivity index (χ4n) is 3.49. The monoisotopic (exact) mass is 402 g/mol. The topological polar surface area (TPSA) is 49.4 Å². The predicted molar refractivity (Wildman–Crippen MR) is 108 cm³/mol. The molecule has 1 saturated heterocycles. The molecular weight excluding hydrogens is 379 g/mol. The summed E-state index contributed by atoms with van der Waals surface area (Å²) >= 11 is 5.91. The summed E-state index contributed by atoms with van der Waals surface area (Å²) in [6, 6.07) is 12.9. The molecule has 2 amide bonds. The summed E-state index contributed by atoms with van der Waals surface area (Å²) in [5.74, 6) is -0.750. The molecule has 148 valence electrons. The Balaban J connectivity index is 1.83. The van der Waals surface area contributed by atoms with Crippen molar-refractivity contribution in [3.05, 3.63) is 70.5 Å². The zero-order chi connectivity index (χ0) is 20.3. The normalized spacial score (nSPS) is 19.1. The summed E-state index contributed by atoms with van der Waals surface area (Å²) in [6.07, 6.45) is 0. The first-order valence-corrected chi connectivity index (χ1v) is 9.81. The molecule has 0 bridgehead atoms. The number of halogens is 2. The number of rotatable bonds is 5. The Kier molecular flexibility index (Phi) is 6.35. The molecule has 2 aromatic carbocycles. The highest BCUT2D eigenvalue weighted by atomic mass is 35.5. The van der Waals surface area contributed by atoms with Gasteiger partial charge in [0.2, 0.25) is 5.91 Å². The van der Waals surface area contributed by atoms with Gasteiger partial charge >= 0.3 is 0 Å². The number of amides is 2. The zero-order valence-electron chi connectivity index (χ0n) is 16.0. The lowest BCUT2D eigenvalue weighted by Gasteiger charge is -2.18. The van der Waals surface area contributed by atoms with E-state index in [0.717, 1.165) is 5.56 Å². The van der Waals surface area contributed by atoms with Gasteiger partial charge in [0.25, 0.3) is 5.91 Å². The van der Waals surface area contributed by atoms with Crippen LogP contribution in [0.5, 0.6) is 0 Å². The molecular formula is C22H24ClFN2O2. The van der Waals surface area contributed by atoms with Crippen LogP contribution in [0.2, 0.25) is 5.02 Å². The van der Waals surface area contributed by atoms with Gasteiger partial charge in [-0.25, -0.2) is 4.39 Å². The molecule has 0 aromatic heterocycles. The Morgan fingerprint density at radius 1 is 1.11 bits per heavy atom. The van der Waals surface area contributed by atoms with Crippen LogP contribution in [0.25, 0.3) is 0 Å². The van der Waals surface area contributed by atoms with E-state index < -0.39 is 0 Å². The maximum Gasteiger partial charge on any atom is 0.253 e. The SMILES string of the molecule is CC(C)CNC(=O)C1CN(C(=O)c2ccc(Cl)cc2)CC1c1ccc(F)cc1. The average Bonchev–Trinajstić information content (AvgIpc) is 3.12. The first kappa shape index (κ1) is 20.3. The second-order valence-electron chi connectivity index (χ2n) is 7.62. The van der Waals surface area contributed by atoms with Gasteiger partial charge in [-0.05, 0) is 47.9 Å². The minimum atomic E-state index is -0.375. The second-order valence-corrected chi connectivity index (χ2v) is 8.06. The van der Waals surface area contributed by atoms with Crippen molar-refractivity contribution in [2.45, 2.75) is 19.8 Å².